The van der Waals surface area contributed by atoms with Crippen LogP contribution >= 0.6 is 11.3 Å². The highest BCUT2D eigenvalue weighted by Gasteiger charge is 2.34. The van der Waals surface area contributed by atoms with E-state index in [1.165, 1.54) is 24.2 Å². The van der Waals surface area contributed by atoms with E-state index < -0.39 is 12.1 Å². The fourth-order valence-electron chi connectivity index (χ4n) is 5.53. The van der Waals surface area contributed by atoms with E-state index in [0.29, 0.717) is 30.4 Å². The predicted octanol–water partition coefficient (Wildman–Crippen LogP) is 4.97. The van der Waals surface area contributed by atoms with Gasteiger partial charge in [-0.25, -0.2) is 9.59 Å². The molecule has 3 heterocycles. The summed E-state index contributed by atoms with van der Waals surface area (Å²) >= 11 is 1.25. The van der Waals surface area contributed by atoms with Gasteiger partial charge in [-0.1, -0.05) is 31.6 Å². The highest BCUT2D eigenvalue weighted by Crippen LogP contribution is 2.37. The standard InChI is InChI=1S/C29H41N3O5S/c1-19-5-7-20(8-6-19)18-32(24-16-23(9-12-29(2,3)4)38-26(24)27(34)35)21-10-13-31(14-11-21)28(36)37-22-15-25(33)30-17-22/h16,19-22H,5-8,10-11,13-15,17-18H2,1-4H3,(H,30,33)(H,34,35). The van der Waals surface area contributed by atoms with Crippen LogP contribution in [0.15, 0.2) is 6.07 Å². The summed E-state index contributed by atoms with van der Waals surface area (Å²) < 4.78 is 5.54. The maximum absolute atomic E-state index is 12.7. The minimum Gasteiger partial charge on any atom is -0.477 e. The summed E-state index contributed by atoms with van der Waals surface area (Å²) in [6, 6.07) is 2.09. The molecule has 1 saturated carbocycles. The number of carbonyl (C=O) groups is 3. The molecule has 0 bridgehead atoms. The van der Waals surface area contributed by atoms with Crippen LogP contribution in [-0.4, -0.2) is 66.3 Å². The first-order valence-electron chi connectivity index (χ1n) is 13.9. The van der Waals surface area contributed by atoms with Gasteiger partial charge in [0.1, 0.15) is 11.0 Å². The molecule has 1 unspecified atom stereocenters. The van der Waals surface area contributed by atoms with Crippen molar-refractivity contribution in [3.8, 4) is 11.8 Å². The monoisotopic (exact) mass is 543 g/mol. The van der Waals surface area contributed by atoms with Crippen molar-refractivity contribution < 1.29 is 24.2 Å². The van der Waals surface area contributed by atoms with Gasteiger partial charge in [-0.2, -0.15) is 0 Å². The number of thiophene rings is 1. The lowest BCUT2D eigenvalue weighted by Gasteiger charge is -2.42. The zero-order chi connectivity index (χ0) is 27.4. The Bertz CT molecular complexity index is 1080. The largest absolute Gasteiger partial charge is 0.477 e. The lowest BCUT2D eigenvalue weighted by molar-refractivity contribution is -0.119. The summed E-state index contributed by atoms with van der Waals surface area (Å²) in [6.07, 6.45) is 5.62. The lowest BCUT2D eigenvalue weighted by atomic mass is 9.82. The van der Waals surface area contributed by atoms with E-state index in [1.54, 1.807) is 4.90 Å². The molecule has 2 amide bonds. The molecular weight excluding hydrogens is 502 g/mol. The molecule has 1 aromatic heterocycles. The second kappa shape index (κ2) is 12.0. The molecular formula is C29H41N3O5S. The van der Waals surface area contributed by atoms with Crippen LogP contribution in [0.1, 0.15) is 87.2 Å². The predicted molar refractivity (Wildman–Crippen MR) is 149 cm³/mol. The second-order valence-electron chi connectivity index (χ2n) is 12.1. The number of aromatic carboxylic acids is 1. The molecule has 2 aliphatic heterocycles. The fourth-order valence-corrected chi connectivity index (χ4v) is 6.39. The zero-order valence-electron chi connectivity index (χ0n) is 23.0. The number of anilines is 1. The Kier molecular flexibility index (Phi) is 8.92. The number of likely N-dealkylation sites (tertiary alicyclic amines) is 1. The number of carboxylic acids is 1. The lowest BCUT2D eigenvalue weighted by Crippen LogP contribution is -2.49. The van der Waals surface area contributed by atoms with E-state index in [1.807, 2.05) is 26.8 Å². The van der Waals surface area contributed by atoms with E-state index >= 15 is 0 Å². The number of hydrogen-bond acceptors (Lipinski definition) is 6. The molecule has 2 N–H and O–H groups in total. The normalized spacial score (nSPS) is 24.4. The topological polar surface area (TPSA) is 99.2 Å². The van der Waals surface area contributed by atoms with Crippen LogP contribution < -0.4 is 10.2 Å². The molecule has 0 spiro atoms. The number of nitrogens with zero attached hydrogens (tertiary/aromatic N) is 2. The van der Waals surface area contributed by atoms with Gasteiger partial charge < -0.3 is 25.0 Å². The molecule has 1 atom stereocenters. The number of hydrogen-bond donors (Lipinski definition) is 2. The SMILES string of the molecule is CC1CCC(CN(c2cc(C#CC(C)(C)C)sc2C(=O)O)C2CCN(C(=O)OC3CNC(=O)C3)CC2)CC1. The first-order valence-corrected chi connectivity index (χ1v) is 14.7. The Morgan fingerprint density at radius 3 is 2.45 bits per heavy atom. The van der Waals surface area contributed by atoms with Gasteiger partial charge in [0.15, 0.2) is 0 Å². The highest BCUT2D eigenvalue weighted by molar-refractivity contribution is 7.15. The van der Waals surface area contributed by atoms with Crippen LogP contribution in [0.3, 0.4) is 0 Å². The summed E-state index contributed by atoms with van der Waals surface area (Å²) in [7, 11) is 0. The van der Waals surface area contributed by atoms with Gasteiger partial charge in [0.2, 0.25) is 5.91 Å². The van der Waals surface area contributed by atoms with Crippen molar-refractivity contribution in [2.75, 3.05) is 31.1 Å². The van der Waals surface area contributed by atoms with E-state index in [4.69, 9.17) is 4.74 Å². The van der Waals surface area contributed by atoms with Crippen molar-refractivity contribution in [1.82, 2.24) is 10.2 Å². The molecule has 208 valence electrons. The maximum atomic E-state index is 12.7. The summed E-state index contributed by atoms with van der Waals surface area (Å²) in [5, 5.41) is 12.8. The van der Waals surface area contributed by atoms with Gasteiger partial charge in [-0.15, -0.1) is 11.3 Å². The van der Waals surface area contributed by atoms with E-state index in [-0.39, 0.29) is 29.9 Å². The molecule has 3 aliphatic rings. The van der Waals surface area contributed by atoms with Gasteiger partial charge in [-0.3, -0.25) is 4.79 Å². The van der Waals surface area contributed by atoms with Gasteiger partial charge >= 0.3 is 12.1 Å². The number of carbonyl (C=O) groups excluding carboxylic acids is 2. The summed E-state index contributed by atoms with van der Waals surface area (Å²) in [5.74, 6) is 6.70. The van der Waals surface area contributed by atoms with E-state index in [2.05, 4.69) is 29.0 Å². The van der Waals surface area contributed by atoms with Crippen LogP contribution in [0.5, 0.6) is 0 Å². The molecule has 4 rings (SSSR count). The van der Waals surface area contributed by atoms with Crippen LogP contribution in [-0.2, 0) is 9.53 Å². The minimum atomic E-state index is -0.920. The maximum Gasteiger partial charge on any atom is 0.410 e. The van der Waals surface area contributed by atoms with Gasteiger partial charge in [0.05, 0.1) is 23.5 Å². The Balaban J connectivity index is 1.52. The fraction of sp³-hybridized carbons (Fsp3) is 0.690. The summed E-state index contributed by atoms with van der Waals surface area (Å²) in [6.45, 7) is 10.7. The van der Waals surface area contributed by atoms with Crippen LogP contribution in [0, 0.1) is 29.1 Å². The number of nitrogens with one attached hydrogen (secondary N) is 1. The van der Waals surface area contributed by atoms with Crippen molar-refractivity contribution in [2.24, 2.45) is 17.3 Å². The van der Waals surface area contributed by atoms with Gasteiger partial charge in [0.25, 0.3) is 0 Å². The third kappa shape index (κ3) is 7.43. The molecule has 38 heavy (non-hydrogen) atoms. The van der Waals surface area contributed by atoms with Crippen molar-refractivity contribution in [3.05, 3.63) is 15.8 Å². The Labute approximate surface area is 230 Å². The first-order chi connectivity index (χ1) is 18.0. The molecule has 8 nitrogen and oxygen atoms in total. The minimum absolute atomic E-state index is 0.0918. The van der Waals surface area contributed by atoms with Gasteiger partial charge in [0, 0.05) is 31.1 Å². The molecule has 0 radical (unpaired) electrons. The summed E-state index contributed by atoms with van der Waals surface area (Å²) in [5.41, 5.74) is 0.589. The third-order valence-corrected chi connectivity index (χ3v) is 8.77. The molecule has 3 fully saturated rings. The van der Waals surface area contributed by atoms with Crippen LogP contribution in [0.25, 0.3) is 0 Å². The van der Waals surface area contributed by atoms with Gasteiger partial charge in [-0.05, 0) is 64.4 Å². The second-order valence-corrected chi connectivity index (χ2v) is 13.2. The number of ether oxygens (including phenoxy) is 1. The van der Waals surface area contributed by atoms with Crippen LogP contribution in [0.2, 0.25) is 0 Å². The van der Waals surface area contributed by atoms with Crippen molar-refractivity contribution in [1.29, 1.82) is 0 Å². The Hall–Kier alpha value is -2.73. The smallest absolute Gasteiger partial charge is 0.410 e. The number of carboxylic acid groups (broad SMARTS) is 1. The Morgan fingerprint density at radius 2 is 1.87 bits per heavy atom. The molecule has 2 saturated heterocycles. The highest BCUT2D eigenvalue weighted by atomic mass is 32.1. The number of piperidine rings is 1. The first kappa shape index (κ1) is 28.3. The molecule has 1 aliphatic carbocycles. The Morgan fingerprint density at radius 1 is 1.18 bits per heavy atom. The van der Waals surface area contributed by atoms with Crippen molar-refractivity contribution >= 4 is 35.0 Å². The van der Waals surface area contributed by atoms with Crippen molar-refractivity contribution in [2.45, 2.75) is 84.8 Å². The van der Waals surface area contributed by atoms with Crippen molar-refractivity contribution in [3.63, 3.8) is 0 Å². The van der Waals surface area contributed by atoms with E-state index in [9.17, 15) is 19.5 Å². The average molecular weight is 544 g/mol. The third-order valence-electron chi connectivity index (χ3n) is 7.74. The molecule has 9 heteroatoms. The zero-order valence-corrected chi connectivity index (χ0v) is 23.9. The van der Waals surface area contributed by atoms with E-state index in [0.717, 1.165) is 48.7 Å². The number of rotatable bonds is 6. The van der Waals surface area contributed by atoms with Crippen LogP contribution in [0.4, 0.5) is 10.5 Å². The quantitative estimate of drug-likeness (QED) is 0.492. The average Bonchev–Trinajstić information content (AvgIpc) is 3.48. The summed E-state index contributed by atoms with van der Waals surface area (Å²) in [4.78, 5) is 41.6. The number of amides is 2. The molecule has 1 aromatic rings. The molecule has 0 aromatic carbocycles.